The molecule has 0 bridgehead atoms. The van der Waals surface area contributed by atoms with Crippen LogP contribution in [0.2, 0.25) is 0 Å². The van der Waals surface area contributed by atoms with E-state index in [0.29, 0.717) is 17.6 Å². The number of rotatable bonds is 4. The Morgan fingerprint density at radius 3 is 2.67 bits per heavy atom. The van der Waals surface area contributed by atoms with Gasteiger partial charge in [-0.25, -0.2) is 9.67 Å². The van der Waals surface area contributed by atoms with Crippen LogP contribution < -0.4 is 10.1 Å². The van der Waals surface area contributed by atoms with Gasteiger partial charge in [-0.3, -0.25) is 0 Å². The Labute approximate surface area is 106 Å². The maximum absolute atomic E-state index is 5.71. The van der Waals surface area contributed by atoms with Gasteiger partial charge in [0.05, 0.1) is 5.69 Å². The molecule has 0 aromatic carbocycles. The van der Waals surface area contributed by atoms with Crippen LogP contribution in [-0.2, 0) is 7.05 Å². The molecule has 0 aliphatic carbocycles. The molecule has 0 aliphatic heterocycles. The molecule has 96 valence electrons. The Morgan fingerprint density at radius 2 is 2.06 bits per heavy atom. The molecular formula is C12H17N5O. The number of anilines is 1. The molecule has 0 unspecified atom stereocenters. The number of aryl methyl sites for hydroxylation is 3. The molecule has 0 radical (unpaired) electrons. The molecule has 18 heavy (non-hydrogen) atoms. The first-order chi connectivity index (χ1) is 8.58. The Hall–Kier alpha value is -2.11. The van der Waals surface area contributed by atoms with Gasteiger partial charge in [0, 0.05) is 25.7 Å². The Balaban J connectivity index is 2.25. The van der Waals surface area contributed by atoms with Gasteiger partial charge in [-0.05, 0) is 20.8 Å². The smallest absolute Gasteiger partial charge is 0.226 e. The number of ether oxygens (including phenoxy) is 1. The van der Waals surface area contributed by atoms with E-state index in [0.717, 1.165) is 18.1 Å². The number of hydrogen-bond donors (Lipinski definition) is 1. The summed E-state index contributed by atoms with van der Waals surface area (Å²) in [6.45, 7) is 6.58. The largest absolute Gasteiger partial charge is 0.421 e. The average Bonchev–Trinajstić information content (AvgIpc) is 2.57. The van der Waals surface area contributed by atoms with Gasteiger partial charge in [-0.1, -0.05) is 0 Å². The highest BCUT2D eigenvalue weighted by molar-refractivity contribution is 5.39. The predicted octanol–water partition coefficient (Wildman–Crippen LogP) is 2.05. The topological polar surface area (TPSA) is 64.9 Å². The number of nitrogens with one attached hydrogen (secondary N) is 1. The number of hydrogen-bond acceptors (Lipinski definition) is 5. The normalized spacial score (nSPS) is 10.4. The highest BCUT2D eigenvalue weighted by atomic mass is 16.5. The minimum atomic E-state index is 0.515. The zero-order chi connectivity index (χ0) is 13.1. The van der Waals surface area contributed by atoms with Crippen LogP contribution in [0.4, 0.5) is 5.82 Å². The van der Waals surface area contributed by atoms with Gasteiger partial charge in [-0.15, -0.1) is 0 Å². The first-order valence-electron chi connectivity index (χ1n) is 5.86. The van der Waals surface area contributed by atoms with Gasteiger partial charge in [0.15, 0.2) is 0 Å². The molecule has 2 heterocycles. The lowest BCUT2D eigenvalue weighted by molar-refractivity contribution is 0.413. The SMILES string of the molecule is CCNc1cc(Oc2cc(C)nn2C)nc(C)n1. The van der Waals surface area contributed by atoms with E-state index in [1.165, 1.54) is 0 Å². The maximum Gasteiger partial charge on any atom is 0.226 e. The van der Waals surface area contributed by atoms with Crippen molar-refractivity contribution >= 4 is 5.82 Å². The first-order valence-corrected chi connectivity index (χ1v) is 5.86. The third-order valence-electron chi connectivity index (χ3n) is 2.34. The fourth-order valence-electron chi connectivity index (χ4n) is 1.65. The lowest BCUT2D eigenvalue weighted by Gasteiger charge is -2.08. The van der Waals surface area contributed by atoms with E-state index in [4.69, 9.17) is 4.74 Å². The first kappa shape index (κ1) is 12.3. The summed E-state index contributed by atoms with van der Waals surface area (Å²) in [4.78, 5) is 8.52. The fraction of sp³-hybridized carbons (Fsp3) is 0.417. The molecular weight excluding hydrogens is 230 g/mol. The summed E-state index contributed by atoms with van der Waals surface area (Å²) in [5, 5.41) is 7.36. The molecule has 0 aliphatic rings. The quantitative estimate of drug-likeness (QED) is 0.895. The molecule has 0 saturated carbocycles. The van der Waals surface area contributed by atoms with Crippen LogP contribution in [0.15, 0.2) is 12.1 Å². The van der Waals surface area contributed by atoms with Gasteiger partial charge in [0.2, 0.25) is 11.8 Å². The van der Waals surface area contributed by atoms with E-state index in [1.807, 2.05) is 33.9 Å². The van der Waals surface area contributed by atoms with Crippen LogP contribution in [0.1, 0.15) is 18.4 Å². The second-order valence-electron chi connectivity index (χ2n) is 4.02. The lowest BCUT2D eigenvalue weighted by atomic mass is 10.5. The molecule has 1 N–H and O–H groups in total. The molecule has 6 heteroatoms. The average molecular weight is 247 g/mol. The molecule has 6 nitrogen and oxygen atoms in total. The summed E-state index contributed by atoms with van der Waals surface area (Å²) in [6, 6.07) is 3.64. The summed E-state index contributed by atoms with van der Waals surface area (Å²) >= 11 is 0. The molecule has 0 atom stereocenters. The van der Waals surface area contributed by atoms with Gasteiger partial charge < -0.3 is 10.1 Å². The van der Waals surface area contributed by atoms with Gasteiger partial charge in [0.25, 0.3) is 0 Å². The number of nitrogens with zero attached hydrogens (tertiary/aromatic N) is 4. The molecule has 0 saturated heterocycles. The standard InChI is InChI=1S/C12H17N5O/c1-5-13-10-7-11(15-9(3)14-10)18-12-6-8(2)16-17(12)4/h6-7H,5H2,1-4H3,(H,13,14,15). The zero-order valence-electron chi connectivity index (χ0n) is 11.1. The summed E-state index contributed by atoms with van der Waals surface area (Å²) < 4.78 is 7.39. The minimum absolute atomic E-state index is 0.515. The van der Waals surface area contributed by atoms with Gasteiger partial charge in [0.1, 0.15) is 11.6 Å². The predicted molar refractivity (Wildman–Crippen MR) is 69.0 cm³/mol. The molecule has 0 spiro atoms. The highest BCUT2D eigenvalue weighted by Gasteiger charge is 2.07. The van der Waals surface area contributed by atoms with Crippen molar-refractivity contribution in [3.63, 3.8) is 0 Å². The van der Waals surface area contributed by atoms with Crippen molar-refractivity contribution in [1.29, 1.82) is 0 Å². The molecule has 0 amide bonds. The van der Waals surface area contributed by atoms with E-state index in [2.05, 4.69) is 20.4 Å². The van der Waals surface area contributed by atoms with Crippen molar-refractivity contribution in [2.45, 2.75) is 20.8 Å². The van der Waals surface area contributed by atoms with E-state index in [9.17, 15) is 0 Å². The van der Waals surface area contributed by atoms with Crippen molar-refractivity contribution in [2.75, 3.05) is 11.9 Å². The second kappa shape index (κ2) is 5.03. The number of aromatic nitrogens is 4. The van der Waals surface area contributed by atoms with Gasteiger partial charge in [-0.2, -0.15) is 10.1 Å². The third kappa shape index (κ3) is 2.77. The van der Waals surface area contributed by atoms with E-state index in [-0.39, 0.29) is 0 Å². The molecule has 2 aromatic rings. The molecule has 0 fully saturated rings. The summed E-state index contributed by atoms with van der Waals surface area (Å²) in [6.07, 6.45) is 0. The second-order valence-corrected chi connectivity index (χ2v) is 4.02. The van der Waals surface area contributed by atoms with Crippen LogP contribution in [0.3, 0.4) is 0 Å². The van der Waals surface area contributed by atoms with Crippen molar-refractivity contribution in [3.05, 3.63) is 23.7 Å². The van der Waals surface area contributed by atoms with Crippen molar-refractivity contribution in [3.8, 4) is 11.8 Å². The summed E-state index contributed by atoms with van der Waals surface area (Å²) in [7, 11) is 1.83. The van der Waals surface area contributed by atoms with Crippen molar-refractivity contribution in [1.82, 2.24) is 19.7 Å². The summed E-state index contributed by atoms with van der Waals surface area (Å²) in [5.41, 5.74) is 0.908. The van der Waals surface area contributed by atoms with Crippen LogP contribution in [0.5, 0.6) is 11.8 Å². The molecule has 2 aromatic heterocycles. The van der Waals surface area contributed by atoms with Crippen LogP contribution in [-0.4, -0.2) is 26.3 Å². The third-order valence-corrected chi connectivity index (χ3v) is 2.34. The van der Waals surface area contributed by atoms with Crippen LogP contribution in [0, 0.1) is 13.8 Å². The minimum Gasteiger partial charge on any atom is -0.421 e. The lowest BCUT2D eigenvalue weighted by Crippen LogP contribution is -2.03. The Kier molecular flexibility index (Phi) is 3.45. The molecule has 2 rings (SSSR count). The Bertz CT molecular complexity index is 549. The van der Waals surface area contributed by atoms with Gasteiger partial charge >= 0.3 is 0 Å². The summed E-state index contributed by atoms with van der Waals surface area (Å²) in [5.74, 6) is 2.61. The van der Waals surface area contributed by atoms with Crippen LogP contribution >= 0.6 is 0 Å². The van der Waals surface area contributed by atoms with Crippen molar-refractivity contribution < 1.29 is 4.74 Å². The van der Waals surface area contributed by atoms with Crippen molar-refractivity contribution in [2.24, 2.45) is 7.05 Å². The van der Waals surface area contributed by atoms with E-state index in [1.54, 1.807) is 10.7 Å². The van der Waals surface area contributed by atoms with E-state index < -0.39 is 0 Å². The monoisotopic (exact) mass is 247 g/mol. The maximum atomic E-state index is 5.71. The zero-order valence-corrected chi connectivity index (χ0v) is 11.1. The highest BCUT2D eigenvalue weighted by Crippen LogP contribution is 2.21. The van der Waals surface area contributed by atoms with E-state index >= 15 is 0 Å². The van der Waals surface area contributed by atoms with Crippen LogP contribution in [0.25, 0.3) is 0 Å². The Morgan fingerprint density at radius 1 is 1.28 bits per heavy atom. The fourth-order valence-corrected chi connectivity index (χ4v) is 1.65.